The molecule has 5 nitrogen and oxygen atoms in total. The molecular formula is C17H15ClO5. The van der Waals surface area contributed by atoms with E-state index in [0.29, 0.717) is 49.8 Å². The Balaban J connectivity index is 2.58. The van der Waals surface area contributed by atoms with Gasteiger partial charge in [-0.25, -0.2) is 0 Å². The molecule has 0 aliphatic heterocycles. The van der Waals surface area contributed by atoms with Gasteiger partial charge >= 0.3 is 0 Å². The SMILES string of the molecule is COc1ccc2c(=O)c3c(C)c(Cl)c(OC)c(OC)c3oc2c1. The Labute approximate surface area is 137 Å². The van der Waals surface area contributed by atoms with Gasteiger partial charge in [-0.15, -0.1) is 0 Å². The largest absolute Gasteiger partial charge is 0.497 e. The van der Waals surface area contributed by atoms with Crippen molar-refractivity contribution in [2.24, 2.45) is 0 Å². The molecular weight excluding hydrogens is 320 g/mol. The summed E-state index contributed by atoms with van der Waals surface area (Å²) in [4.78, 5) is 12.9. The number of aryl methyl sites for hydroxylation is 1. The van der Waals surface area contributed by atoms with E-state index in [-0.39, 0.29) is 5.43 Å². The lowest BCUT2D eigenvalue weighted by atomic mass is 10.1. The third kappa shape index (κ3) is 2.19. The maximum absolute atomic E-state index is 12.9. The van der Waals surface area contributed by atoms with Crippen LogP contribution in [0.1, 0.15) is 5.56 Å². The molecule has 1 heterocycles. The molecule has 0 aliphatic carbocycles. The lowest BCUT2D eigenvalue weighted by molar-refractivity contribution is 0.354. The average molecular weight is 335 g/mol. The van der Waals surface area contributed by atoms with Gasteiger partial charge in [-0.1, -0.05) is 11.6 Å². The summed E-state index contributed by atoms with van der Waals surface area (Å²) in [6.45, 7) is 1.75. The van der Waals surface area contributed by atoms with E-state index in [1.807, 2.05) is 0 Å². The second kappa shape index (κ2) is 5.66. The van der Waals surface area contributed by atoms with Gasteiger partial charge < -0.3 is 18.6 Å². The van der Waals surface area contributed by atoms with E-state index in [4.69, 9.17) is 30.2 Å². The standard InChI is InChI=1S/C17H15ClO5/c1-8-12-14(19)10-6-5-9(20-2)7-11(10)23-15(12)17(22-4)16(21-3)13(8)18/h5-7H,1-4H3. The van der Waals surface area contributed by atoms with Crippen LogP contribution in [0, 0.1) is 6.92 Å². The zero-order valence-electron chi connectivity index (χ0n) is 13.2. The lowest BCUT2D eigenvalue weighted by Gasteiger charge is -2.14. The van der Waals surface area contributed by atoms with E-state index < -0.39 is 0 Å². The number of fused-ring (bicyclic) bond motifs is 2. The van der Waals surface area contributed by atoms with Crippen molar-refractivity contribution in [3.63, 3.8) is 0 Å². The van der Waals surface area contributed by atoms with Crippen LogP contribution in [-0.4, -0.2) is 21.3 Å². The van der Waals surface area contributed by atoms with Gasteiger partial charge in [-0.2, -0.15) is 0 Å². The van der Waals surface area contributed by atoms with Crippen molar-refractivity contribution in [1.29, 1.82) is 0 Å². The van der Waals surface area contributed by atoms with Crippen LogP contribution in [-0.2, 0) is 0 Å². The molecule has 0 N–H and O–H groups in total. The smallest absolute Gasteiger partial charge is 0.206 e. The van der Waals surface area contributed by atoms with Crippen molar-refractivity contribution < 1.29 is 18.6 Å². The number of ether oxygens (including phenoxy) is 3. The summed E-state index contributed by atoms with van der Waals surface area (Å²) in [7, 11) is 4.50. The highest BCUT2D eigenvalue weighted by Gasteiger charge is 2.23. The number of methoxy groups -OCH3 is 3. The molecule has 23 heavy (non-hydrogen) atoms. The number of hydrogen-bond donors (Lipinski definition) is 0. The molecule has 0 spiro atoms. The first kappa shape index (κ1) is 15.5. The minimum Gasteiger partial charge on any atom is -0.497 e. The fourth-order valence-corrected chi connectivity index (χ4v) is 2.91. The van der Waals surface area contributed by atoms with Crippen molar-refractivity contribution >= 4 is 33.5 Å². The molecule has 0 saturated carbocycles. The molecule has 0 radical (unpaired) electrons. The first-order chi connectivity index (χ1) is 11.0. The summed E-state index contributed by atoms with van der Waals surface area (Å²) in [5, 5.41) is 1.16. The third-order valence-electron chi connectivity index (χ3n) is 3.82. The minimum absolute atomic E-state index is 0.177. The van der Waals surface area contributed by atoms with E-state index in [2.05, 4.69) is 0 Å². The van der Waals surface area contributed by atoms with Crippen LogP contribution < -0.4 is 19.6 Å². The molecule has 6 heteroatoms. The van der Waals surface area contributed by atoms with Crippen LogP contribution in [0.15, 0.2) is 27.4 Å². The zero-order chi connectivity index (χ0) is 16.7. The lowest BCUT2D eigenvalue weighted by Crippen LogP contribution is -2.06. The highest BCUT2D eigenvalue weighted by molar-refractivity contribution is 6.34. The molecule has 0 saturated heterocycles. The number of benzene rings is 2. The number of hydrogen-bond acceptors (Lipinski definition) is 5. The average Bonchev–Trinajstić information content (AvgIpc) is 2.57. The summed E-state index contributed by atoms with van der Waals surface area (Å²) >= 11 is 6.32. The fraction of sp³-hybridized carbons (Fsp3) is 0.235. The second-order valence-corrected chi connectivity index (χ2v) is 5.38. The van der Waals surface area contributed by atoms with Gasteiger partial charge in [-0.05, 0) is 24.6 Å². The highest BCUT2D eigenvalue weighted by atomic mass is 35.5. The zero-order valence-corrected chi connectivity index (χ0v) is 13.9. The molecule has 0 aliphatic rings. The maximum Gasteiger partial charge on any atom is 0.206 e. The second-order valence-electron chi connectivity index (χ2n) is 5.00. The predicted molar refractivity (Wildman–Crippen MR) is 89.4 cm³/mol. The van der Waals surface area contributed by atoms with Crippen LogP contribution in [0.3, 0.4) is 0 Å². The van der Waals surface area contributed by atoms with Gasteiger partial charge in [-0.3, -0.25) is 4.79 Å². The van der Waals surface area contributed by atoms with E-state index >= 15 is 0 Å². The number of halogens is 1. The van der Waals surface area contributed by atoms with Crippen molar-refractivity contribution in [3.8, 4) is 17.2 Å². The summed E-state index contributed by atoms with van der Waals surface area (Å²) < 4.78 is 21.8. The monoisotopic (exact) mass is 334 g/mol. The van der Waals surface area contributed by atoms with Gasteiger partial charge in [0, 0.05) is 6.07 Å². The Kier molecular flexibility index (Phi) is 3.82. The van der Waals surface area contributed by atoms with E-state index in [1.54, 1.807) is 32.2 Å². The summed E-state index contributed by atoms with van der Waals surface area (Å²) in [5.74, 6) is 1.22. The van der Waals surface area contributed by atoms with Crippen LogP contribution in [0.4, 0.5) is 0 Å². The fourth-order valence-electron chi connectivity index (χ4n) is 2.65. The molecule has 0 bridgehead atoms. The van der Waals surface area contributed by atoms with Crippen LogP contribution >= 0.6 is 11.6 Å². The van der Waals surface area contributed by atoms with Crippen molar-refractivity contribution in [1.82, 2.24) is 0 Å². The molecule has 120 valence electrons. The normalized spacial score (nSPS) is 11.0. The van der Waals surface area contributed by atoms with E-state index in [9.17, 15) is 4.79 Å². The predicted octanol–water partition coefficient (Wildman–Crippen LogP) is 3.93. The Morgan fingerprint density at radius 1 is 1.04 bits per heavy atom. The first-order valence-corrected chi connectivity index (χ1v) is 7.25. The van der Waals surface area contributed by atoms with Crippen molar-refractivity contribution in [2.75, 3.05) is 21.3 Å². The molecule has 0 unspecified atom stereocenters. The van der Waals surface area contributed by atoms with E-state index in [1.165, 1.54) is 14.2 Å². The van der Waals surface area contributed by atoms with Crippen LogP contribution in [0.5, 0.6) is 17.2 Å². The molecule has 0 amide bonds. The van der Waals surface area contributed by atoms with Crippen LogP contribution in [0.25, 0.3) is 21.9 Å². The summed E-state index contributed by atoms with van der Waals surface area (Å²) in [5.41, 5.74) is 1.12. The molecule has 3 aromatic rings. The molecule has 0 atom stereocenters. The maximum atomic E-state index is 12.9. The Hall–Kier alpha value is -2.40. The van der Waals surface area contributed by atoms with Gasteiger partial charge in [0.25, 0.3) is 0 Å². The van der Waals surface area contributed by atoms with Gasteiger partial charge in [0.05, 0.1) is 37.1 Å². The van der Waals surface area contributed by atoms with Crippen molar-refractivity contribution in [2.45, 2.75) is 6.92 Å². The van der Waals surface area contributed by atoms with Gasteiger partial charge in [0.1, 0.15) is 11.3 Å². The highest BCUT2D eigenvalue weighted by Crippen LogP contribution is 2.44. The topological polar surface area (TPSA) is 57.9 Å². The van der Waals surface area contributed by atoms with Crippen LogP contribution in [0.2, 0.25) is 5.02 Å². The van der Waals surface area contributed by atoms with Gasteiger partial charge in [0.2, 0.25) is 11.2 Å². The Morgan fingerprint density at radius 2 is 1.74 bits per heavy atom. The van der Waals surface area contributed by atoms with Gasteiger partial charge in [0.15, 0.2) is 11.3 Å². The molecule has 3 rings (SSSR count). The molecule has 1 aromatic heterocycles. The summed E-state index contributed by atoms with van der Waals surface area (Å²) in [6.07, 6.45) is 0. The first-order valence-electron chi connectivity index (χ1n) is 6.88. The van der Waals surface area contributed by atoms with Crippen molar-refractivity contribution in [3.05, 3.63) is 39.0 Å². The Morgan fingerprint density at radius 3 is 2.35 bits per heavy atom. The minimum atomic E-state index is -0.177. The quantitative estimate of drug-likeness (QED) is 0.679. The van der Waals surface area contributed by atoms with E-state index in [0.717, 1.165) is 0 Å². The summed E-state index contributed by atoms with van der Waals surface area (Å²) in [6, 6.07) is 5.04. The number of rotatable bonds is 3. The Bertz CT molecular complexity index is 975. The third-order valence-corrected chi connectivity index (χ3v) is 4.28. The molecule has 0 fully saturated rings. The molecule has 2 aromatic carbocycles.